The van der Waals surface area contributed by atoms with Gasteiger partial charge in [-0.25, -0.2) is 4.98 Å². The van der Waals surface area contributed by atoms with Gasteiger partial charge in [-0.15, -0.1) is 0 Å². The van der Waals surface area contributed by atoms with E-state index in [1.54, 1.807) is 0 Å². The molecule has 0 radical (unpaired) electrons. The maximum atomic E-state index is 12.9. The zero-order valence-electron chi connectivity index (χ0n) is 13.0. The lowest BCUT2D eigenvalue weighted by atomic mass is 9.97. The predicted molar refractivity (Wildman–Crippen MR) is 87.3 cm³/mol. The van der Waals surface area contributed by atoms with Crippen LogP contribution in [0.15, 0.2) is 30.5 Å². The first-order chi connectivity index (χ1) is 11.2. The Bertz CT molecular complexity index is 849. The standard InChI is InChI=1S/C17H19N5O/c1-11-9-18-16(19-11)12-5-4-8-22(10-12)17(23)15-13-6-2-3-7-14(13)20-21-15/h2-3,6-7,9,12H,4-5,8,10H2,1H3,(H,18,19)(H,20,21)/t12-/m1/s1. The quantitative estimate of drug-likeness (QED) is 0.764. The Balaban J connectivity index is 1.58. The van der Waals surface area contributed by atoms with Crippen LogP contribution in [0.2, 0.25) is 0 Å². The number of hydrogen-bond acceptors (Lipinski definition) is 3. The molecule has 6 heteroatoms. The summed E-state index contributed by atoms with van der Waals surface area (Å²) in [5.41, 5.74) is 2.46. The summed E-state index contributed by atoms with van der Waals surface area (Å²) >= 11 is 0. The third-order valence-electron chi connectivity index (χ3n) is 4.49. The number of benzene rings is 1. The van der Waals surface area contributed by atoms with Crippen molar-refractivity contribution in [1.82, 2.24) is 25.1 Å². The number of rotatable bonds is 2. The second-order valence-corrected chi connectivity index (χ2v) is 6.16. The molecule has 1 amide bonds. The number of aromatic amines is 2. The van der Waals surface area contributed by atoms with Crippen LogP contribution >= 0.6 is 0 Å². The van der Waals surface area contributed by atoms with Gasteiger partial charge in [0.2, 0.25) is 0 Å². The molecule has 23 heavy (non-hydrogen) atoms. The van der Waals surface area contributed by atoms with Crippen LogP contribution in [0.5, 0.6) is 0 Å². The first-order valence-electron chi connectivity index (χ1n) is 7.96. The van der Waals surface area contributed by atoms with E-state index in [-0.39, 0.29) is 11.8 Å². The molecular formula is C17H19N5O. The van der Waals surface area contributed by atoms with Gasteiger partial charge in [0, 0.05) is 36.3 Å². The van der Waals surface area contributed by atoms with E-state index in [1.807, 2.05) is 42.3 Å². The first-order valence-corrected chi connectivity index (χ1v) is 7.96. The molecule has 1 fully saturated rings. The molecule has 1 atom stereocenters. The molecule has 118 valence electrons. The van der Waals surface area contributed by atoms with Crippen molar-refractivity contribution >= 4 is 16.8 Å². The molecule has 1 aliphatic heterocycles. The molecule has 1 saturated heterocycles. The van der Waals surface area contributed by atoms with Crippen molar-refractivity contribution in [2.45, 2.75) is 25.7 Å². The van der Waals surface area contributed by atoms with Gasteiger partial charge in [0.1, 0.15) is 5.82 Å². The third-order valence-corrected chi connectivity index (χ3v) is 4.49. The number of amides is 1. The molecule has 4 rings (SSSR count). The first kappa shape index (κ1) is 14.0. The number of carbonyl (C=O) groups excluding carboxylic acids is 1. The molecule has 3 aromatic rings. The molecule has 0 aliphatic carbocycles. The van der Waals surface area contributed by atoms with Crippen LogP contribution in [0, 0.1) is 6.92 Å². The average molecular weight is 309 g/mol. The van der Waals surface area contributed by atoms with Crippen molar-refractivity contribution in [3.8, 4) is 0 Å². The van der Waals surface area contributed by atoms with Crippen LogP contribution in [0.25, 0.3) is 10.9 Å². The normalized spacial score (nSPS) is 18.5. The van der Waals surface area contributed by atoms with Crippen molar-refractivity contribution in [1.29, 1.82) is 0 Å². The van der Waals surface area contributed by atoms with Crippen molar-refractivity contribution < 1.29 is 4.79 Å². The number of hydrogen-bond donors (Lipinski definition) is 2. The lowest BCUT2D eigenvalue weighted by Gasteiger charge is -2.31. The summed E-state index contributed by atoms with van der Waals surface area (Å²) in [6.07, 6.45) is 3.88. The monoisotopic (exact) mass is 309 g/mol. The number of nitrogens with one attached hydrogen (secondary N) is 2. The lowest BCUT2D eigenvalue weighted by Crippen LogP contribution is -2.39. The van der Waals surface area contributed by atoms with E-state index in [0.717, 1.165) is 41.8 Å². The molecule has 0 spiro atoms. The fourth-order valence-electron chi connectivity index (χ4n) is 3.30. The number of aromatic nitrogens is 4. The van der Waals surface area contributed by atoms with Crippen LogP contribution in [-0.2, 0) is 0 Å². The second kappa shape index (κ2) is 5.53. The van der Waals surface area contributed by atoms with E-state index in [2.05, 4.69) is 20.2 Å². The Labute approximate surface area is 133 Å². The van der Waals surface area contributed by atoms with Crippen LogP contribution in [0.3, 0.4) is 0 Å². The highest BCUT2D eigenvalue weighted by Gasteiger charge is 2.28. The van der Waals surface area contributed by atoms with Crippen molar-refractivity contribution in [2.75, 3.05) is 13.1 Å². The maximum absolute atomic E-state index is 12.9. The molecule has 6 nitrogen and oxygen atoms in total. The van der Waals surface area contributed by atoms with Crippen LogP contribution in [0.4, 0.5) is 0 Å². The summed E-state index contributed by atoms with van der Waals surface area (Å²) in [5, 5.41) is 8.05. The zero-order chi connectivity index (χ0) is 15.8. The van der Waals surface area contributed by atoms with Crippen molar-refractivity contribution in [2.24, 2.45) is 0 Å². The Morgan fingerprint density at radius 3 is 3.04 bits per heavy atom. The van der Waals surface area contributed by atoms with Crippen molar-refractivity contribution in [3.63, 3.8) is 0 Å². The maximum Gasteiger partial charge on any atom is 0.275 e. The minimum Gasteiger partial charge on any atom is -0.346 e. The smallest absolute Gasteiger partial charge is 0.275 e. The molecule has 1 aliphatic rings. The number of imidazole rings is 1. The van der Waals surface area contributed by atoms with Gasteiger partial charge in [-0.05, 0) is 25.8 Å². The summed E-state index contributed by atoms with van der Waals surface area (Å²) in [6, 6.07) is 7.73. The van der Waals surface area contributed by atoms with E-state index >= 15 is 0 Å². The highest BCUT2D eigenvalue weighted by atomic mass is 16.2. The number of aryl methyl sites for hydroxylation is 1. The molecule has 2 aromatic heterocycles. The average Bonchev–Trinajstić information content (AvgIpc) is 3.20. The minimum atomic E-state index is -0.00423. The Kier molecular flexibility index (Phi) is 3.37. The summed E-state index contributed by atoms with van der Waals surface area (Å²) in [6.45, 7) is 3.46. The van der Waals surface area contributed by atoms with Crippen LogP contribution < -0.4 is 0 Å². The van der Waals surface area contributed by atoms with Gasteiger partial charge in [0.15, 0.2) is 5.69 Å². The highest BCUT2D eigenvalue weighted by molar-refractivity contribution is 6.04. The van der Waals surface area contributed by atoms with E-state index in [4.69, 9.17) is 0 Å². The van der Waals surface area contributed by atoms with Gasteiger partial charge in [0.25, 0.3) is 5.91 Å². The lowest BCUT2D eigenvalue weighted by molar-refractivity contribution is 0.0700. The van der Waals surface area contributed by atoms with E-state index in [1.165, 1.54) is 0 Å². The Morgan fingerprint density at radius 2 is 2.22 bits per heavy atom. The number of carbonyl (C=O) groups is 1. The number of nitrogens with zero attached hydrogens (tertiary/aromatic N) is 3. The third kappa shape index (κ3) is 2.50. The van der Waals surface area contributed by atoms with Crippen LogP contribution in [-0.4, -0.2) is 44.1 Å². The molecular weight excluding hydrogens is 290 g/mol. The van der Waals surface area contributed by atoms with E-state index in [0.29, 0.717) is 12.2 Å². The fourth-order valence-corrected chi connectivity index (χ4v) is 3.30. The largest absolute Gasteiger partial charge is 0.346 e. The SMILES string of the molecule is Cc1cnc([C@@H]2CCCN(C(=O)c3n[nH]c4ccccc34)C2)[nH]1. The fraction of sp³-hybridized carbons (Fsp3) is 0.353. The van der Waals surface area contributed by atoms with Crippen LogP contribution in [0.1, 0.15) is 40.8 Å². The Morgan fingerprint density at radius 1 is 1.35 bits per heavy atom. The zero-order valence-corrected chi connectivity index (χ0v) is 13.0. The summed E-state index contributed by atoms with van der Waals surface area (Å²) in [4.78, 5) is 22.5. The number of para-hydroxylation sites is 1. The highest BCUT2D eigenvalue weighted by Crippen LogP contribution is 2.26. The molecule has 3 heterocycles. The summed E-state index contributed by atoms with van der Waals surface area (Å²) in [7, 11) is 0. The summed E-state index contributed by atoms with van der Waals surface area (Å²) in [5.74, 6) is 1.24. The van der Waals surface area contributed by atoms with Crippen molar-refractivity contribution in [3.05, 3.63) is 47.7 Å². The minimum absolute atomic E-state index is 0.00423. The second-order valence-electron chi connectivity index (χ2n) is 6.16. The topological polar surface area (TPSA) is 77.7 Å². The molecule has 0 saturated carbocycles. The van der Waals surface area contributed by atoms with Gasteiger partial charge in [-0.2, -0.15) is 5.10 Å². The Hall–Kier alpha value is -2.63. The van der Waals surface area contributed by atoms with Gasteiger partial charge in [0.05, 0.1) is 5.52 Å². The number of H-pyrrole nitrogens is 2. The number of likely N-dealkylation sites (tertiary alicyclic amines) is 1. The molecule has 2 N–H and O–H groups in total. The van der Waals surface area contributed by atoms with E-state index < -0.39 is 0 Å². The van der Waals surface area contributed by atoms with Gasteiger partial charge in [-0.3, -0.25) is 9.89 Å². The molecule has 0 unspecified atom stereocenters. The van der Waals surface area contributed by atoms with E-state index in [9.17, 15) is 4.79 Å². The molecule has 0 bridgehead atoms. The van der Waals surface area contributed by atoms with Gasteiger partial charge in [-0.1, -0.05) is 18.2 Å². The molecule has 1 aromatic carbocycles. The number of piperidine rings is 1. The van der Waals surface area contributed by atoms with Gasteiger partial charge >= 0.3 is 0 Å². The van der Waals surface area contributed by atoms with Gasteiger partial charge < -0.3 is 9.88 Å². The predicted octanol–water partition coefficient (Wildman–Crippen LogP) is 2.61. The summed E-state index contributed by atoms with van der Waals surface area (Å²) < 4.78 is 0. The number of fused-ring (bicyclic) bond motifs is 1.